The van der Waals surface area contributed by atoms with Crippen molar-refractivity contribution in [2.45, 2.75) is 39.2 Å². The molecule has 114 valence electrons. The molecule has 0 aliphatic heterocycles. The average Bonchev–Trinajstić information content (AvgIpc) is 2.36. The molecule has 0 spiro atoms. The Morgan fingerprint density at radius 1 is 1.40 bits per heavy atom. The Hall–Kier alpha value is -0.980. The van der Waals surface area contributed by atoms with E-state index in [0.29, 0.717) is 18.8 Å². The average molecular weight is 299 g/mol. The maximum absolute atomic E-state index is 12.2. The minimum Gasteiger partial charge on any atom is -0.329 e. The Labute approximate surface area is 122 Å². The molecule has 0 aliphatic carbocycles. The standard InChI is InChI=1S/C14H25N3O2S/c1-12(2)10-14(3,11-15)17-20(18,19)9-7-13-6-4-5-8-16-13/h4-6,8,12,17H,7,9-11,15H2,1-3H3. The highest BCUT2D eigenvalue weighted by molar-refractivity contribution is 7.89. The lowest BCUT2D eigenvalue weighted by molar-refractivity contribution is 0.344. The lowest BCUT2D eigenvalue weighted by atomic mass is 9.92. The SMILES string of the molecule is CC(C)CC(C)(CN)NS(=O)(=O)CCc1ccccn1. The van der Waals surface area contributed by atoms with E-state index in [1.165, 1.54) is 0 Å². The summed E-state index contributed by atoms with van der Waals surface area (Å²) >= 11 is 0. The summed E-state index contributed by atoms with van der Waals surface area (Å²) in [5.74, 6) is 0.402. The molecule has 6 heteroatoms. The number of nitrogens with two attached hydrogens (primary N) is 1. The lowest BCUT2D eigenvalue weighted by Gasteiger charge is -2.30. The van der Waals surface area contributed by atoms with Crippen LogP contribution in [0, 0.1) is 5.92 Å². The molecule has 0 amide bonds. The van der Waals surface area contributed by atoms with Crippen LogP contribution in [-0.2, 0) is 16.4 Å². The molecular formula is C14H25N3O2S. The van der Waals surface area contributed by atoms with E-state index in [4.69, 9.17) is 5.73 Å². The van der Waals surface area contributed by atoms with E-state index in [1.807, 2.05) is 25.1 Å². The molecule has 3 N–H and O–H groups in total. The van der Waals surface area contributed by atoms with Gasteiger partial charge in [0.15, 0.2) is 0 Å². The number of aryl methyl sites for hydroxylation is 1. The second-order valence-corrected chi connectivity index (χ2v) is 7.70. The Morgan fingerprint density at radius 3 is 2.60 bits per heavy atom. The number of aromatic nitrogens is 1. The maximum Gasteiger partial charge on any atom is 0.212 e. The van der Waals surface area contributed by atoms with Gasteiger partial charge in [-0.1, -0.05) is 19.9 Å². The molecule has 20 heavy (non-hydrogen) atoms. The van der Waals surface area contributed by atoms with E-state index in [9.17, 15) is 8.42 Å². The van der Waals surface area contributed by atoms with Gasteiger partial charge in [-0.2, -0.15) is 0 Å². The van der Waals surface area contributed by atoms with Gasteiger partial charge in [-0.05, 0) is 31.4 Å². The largest absolute Gasteiger partial charge is 0.329 e. The number of hydrogen-bond acceptors (Lipinski definition) is 4. The van der Waals surface area contributed by atoms with Crippen molar-refractivity contribution in [1.82, 2.24) is 9.71 Å². The Morgan fingerprint density at radius 2 is 2.10 bits per heavy atom. The van der Waals surface area contributed by atoms with E-state index in [2.05, 4.69) is 23.6 Å². The van der Waals surface area contributed by atoms with Crippen molar-refractivity contribution < 1.29 is 8.42 Å². The van der Waals surface area contributed by atoms with Crippen molar-refractivity contribution in [3.63, 3.8) is 0 Å². The first-order chi connectivity index (χ1) is 9.26. The summed E-state index contributed by atoms with van der Waals surface area (Å²) in [6.07, 6.45) is 2.78. The summed E-state index contributed by atoms with van der Waals surface area (Å²) in [6, 6.07) is 5.49. The van der Waals surface area contributed by atoms with E-state index >= 15 is 0 Å². The van der Waals surface area contributed by atoms with Gasteiger partial charge in [-0.15, -0.1) is 0 Å². The van der Waals surface area contributed by atoms with Crippen LogP contribution in [0.4, 0.5) is 0 Å². The minimum absolute atomic E-state index is 0.0255. The summed E-state index contributed by atoms with van der Waals surface area (Å²) in [7, 11) is -3.37. The quantitative estimate of drug-likeness (QED) is 0.758. The number of rotatable bonds is 8. The van der Waals surface area contributed by atoms with Crippen molar-refractivity contribution in [2.24, 2.45) is 11.7 Å². The predicted molar refractivity (Wildman–Crippen MR) is 81.8 cm³/mol. The number of nitrogens with one attached hydrogen (secondary N) is 1. The molecular weight excluding hydrogens is 274 g/mol. The number of sulfonamides is 1. The first-order valence-corrected chi connectivity index (χ1v) is 8.53. The minimum atomic E-state index is -3.37. The van der Waals surface area contributed by atoms with Crippen LogP contribution in [0.1, 0.15) is 32.9 Å². The lowest BCUT2D eigenvalue weighted by Crippen LogP contribution is -2.52. The number of hydrogen-bond donors (Lipinski definition) is 2. The van der Waals surface area contributed by atoms with Crippen LogP contribution in [0.2, 0.25) is 0 Å². The van der Waals surface area contributed by atoms with Crippen molar-refractivity contribution in [2.75, 3.05) is 12.3 Å². The zero-order valence-electron chi connectivity index (χ0n) is 12.5. The normalized spacial score (nSPS) is 15.2. The topological polar surface area (TPSA) is 85.1 Å². The molecule has 0 radical (unpaired) electrons. The smallest absolute Gasteiger partial charge is 0.212 e. The summed E-state index contributed by atoms with van der Waals surface area (Å²) in [6.45, 7) is 6.24. The zero-order chi connectivity index (χ0) is 15.2. The van der Waals surface area contributed by atoms with E-state index in [0.717, 1.165) is 5.69 Å². The van der Waals surface area contributed by atoms with Gasteiger partial charge in [0.1, 0.15) is 0 Å². The van der Waals surface area contributed by atoms with Crippen molar-refractivity contribution in [3.05, 3.63) is 30.1 Å². The van der Waals surface area contributed by atoms with Crippen LogP contribution in [0.25, 0.3) is 0 Å². The van der Waals surface area contributed by atoms with Gasteiger partial charge in [-0.3, -0.25) is 4.98 Å². The molecule has 0 aliphatic rings. The number of pyridine rings is 1. The van der Waals surface area contributed by atoms with Crippen molar-refractivity contribution >= 4 is 10.0 Å². The fourth-order valence-corrected chi connectivity index (χ4v) is 3.78. The highest BCUT2D eigenvalue weighted by Crippen LogP contribution is 2.16. The zero-order valence-corrected chi connectivity index (χ0v) is 13.3. The van der Waals surface area contributed by atoms with E-state index in [1.54, 1.807) is 6.20 Å². The van der Waals surface area contributed by atoms with Crippen LogP contribution >= 0.6 is 0 Å². The van der Waals surface area contributed by atoms with Gasteiger partial charge in [0.25, 0.3) is 0 Å². The molecule has 0 aromatic carbocycles. The molecule has 1 atom stereocenters. The molecule has 0 saturated carbocycles. The van der Waals surface area contributed by atoms with Gasteiger partial charge < -0.3 is 5.73 Å². The van der Waals surface area contributed by atoms with Gasteiger partial charge in [-0.25, -0.2) is 13.1 Å². The molecule has 0 saturated heterocycles. The maximum atomic E-state index is 12.2. The molecule has 1 unspecified atom stereocenters. The highest BCUT2D eigenvalue weighted by atomic mass is 32.2. The molecule has 5 nitrogen and oxygen atoms in total. The molecule has 1 rings (SSSR count). The van der Waals surface area contributed by atoms with Gasteiger partial charge >= 0.3 is 0 Å². The Kier molecular flexibility index (Phi) is 6.10. The van der Waals surface area contributed by atoms with Crippen molar-refractivity contribution in [3.8, 4) is 0 Å². The summed E-state index contributed by atoms with van der Waals surface area (Å²) < 4.78 is 27.1. The van der Waals surface area contributed by atoms with Gasteiger partial charge in [0, 0.05) is 30.4 Å². The Balaban J connectivity index is 2.64. The summed E-state index contributed by atoms with van der Waals surface area (Å²) in [4.78, 5) is 4.13. The Bertz CT molecular complexity index is 502. The third-order valence-electron chi connectivity index (χ3n) is 3.06. The van der Waals surface area contributed by atoms with Crippen LogP contribution < -0.4 is 10.5 Å². The van der Waals surface area contributed by atoms with E-state index in [-0.39, 0.29) is 12.3 Å². The third-order valence-corrected chi connectivity index (χ3v) is 4.61. The fourth-order valence-electron chi connectivity index (χ4n) is 2.28. The van der Waals surface area contributed by atoms with Crippen LogP contribution in [0.15, 0.2) is 24.4 Å². The van der Waals surface area contributed by atoms with Gasteiger partial charge in [0.05, 0.1) is 5.75 Å². The molecule has 0 bridgehead atoms. The van der Waals surface area contributed by atoms with Crippen LogP contribution in [0.5, 0.6) is 0 Å². The third kappa shape index (κ3) is 5.98. The molecule has 0 fully saturated rings. The summed E-state index contributed by atoms with van der Waals surface area (Å²) in [5.41, 5.74) is 5.92. The second kappa shape index (κ2) is 7.15. The number of nitrogens with zero attached hydrogens (tertiary/aromatic N) is 1. The summed E-state index contributed by atoms with van der Waals surface area (Å²) in [5, 5.41) is 0. The van der Waals surface area contributed by atoms with E-state index < -0.39 is 15.6 Å². The van der Waals surface area contributed by atoms with Crippen LogP contribution in [0.3, 0.4) is 0 Å². The first kappa shape index (κ1) is 17.1. The first-order valence-electron chi connectivity index (χ1n) is 6.88. The predicted octanol–water partition coefficient (Wildman–Crippen LogP) is 1.31. The second-order valence-electron chi connectivity index (χ2n) is 5.85. The monoisotopic (exact) mass is 299 g/mol. The molecule has 1 heterocycles. The molecule has 1 aromatic rings. The van der Waals surface area contributed by atoms with Gasteiger partial charge in [0.2, 0.25) is 10.0 Å². The van der Waals surface area contributed by atoms with Crippen LogP contribution in [-0.4, -0.2) is 31.2 Å². The highest BCUT2D eigenvalue weighted by Gasteiger charge is 2.29. The molecule has 1 aromatic heterocycles. The van der Waals surface area contributed by atoms with Crippen molar-refractivity contribution in [1.29, 1.82) is 0 Å². The fraction of sp³-hybridized carbons (Fsp3) is 0.643.